The molecule has 1 amide bonds. The van der Waals surface area contributed by atoms with Crippen LogP contribution in [-0.4, -0.2) is 19.2 Å². The fraction of sp³-hybridized carbons (Fsp3) is 0.0909. The van der Waals surface area contributed by atoms with Gasteiger partial charge in [0.1, 0.15) is 6.61 Å². The molecule has 0 aromatic heterocycles. The maximum atomic E-state index is 12.2. The molecule has 0 unspecified atom stereocenters. The van der Waals surface area contributed by atoms with Crippen LogP contribution in [0.15, 0.2) is 64.2 Å². The van der Waals surface area contributed by atoms with Gasteiger partial charge < -0.3 is 9.47 Å². The van der Waals surface area contributed by atoms with Gasteiger partial charge in [0.25, 0.3) is 5.91 Å². The summed E-state index contributed by atoms with van der Waals surface area (Å²) < 4.78 is 12.0. The second-order valence-electron chi connectivity index (χ2n) is 6.27. The van der Waals surface area contributed by atoms with Crippen molar-refractivity contribution in [2.45, 2.75) is 6.61 Å². The van der Waals surface area contributed by atoms with Gasteiger partial charge in [-0.2, -0.15) is 5.10 Å². The number of hydrazone groups is 1. The summed E-state index contributed by atoms with van der Waals surface area (Å²) in [6.07, 6.45) is 1.50. The fourth-order valence-electron chi connectivity index (χ4n) is 2.57. The van der Waals surface area contributed by atoms with Crippen molar-refractivity contribution in [1.82, 2.24) is 5.43 Å². The van der Waals surface area contributed by atoms with Crippen molar-refractivity contribution in [2.75, 3.05) is 7.11 Å². The standard InChI is InChI=1S/C22H16BrCl3N2O3/c1-30-20-9-15(11-27-28-22(29)14-3-2-4-16(24)8-14)17(23)10-21(20)31-12-13-5-6-18(25)19(26)7-13/h2-11H,12H2,1H3,(H,28,29)/b27-11+. The Balaban J connectivity index is 1.70. The predicted octanol–water partition coefficient (Wildman–Crippen LogP) is 6.76. The minimum atomic E-state index is -0.372. The van der Waals surface area contributed by atoms with E-state index in [9.17, 15) is 4.79 Å². The molecule has 31 heavy (non-hydrogen) atoms. The number of ether oxygens (including phenoxy) is 2. The first-order valence-corrected chi connectivity index (χ1v) is 10.8. The van der Waals surface area contributed by atoms with Gasteiger partial charge in [-0.15, -0.1) is 0 Å². The van der Waals surface area contributed by atoms with Crippen molar-refractivity contribution in [1.29, 1.82) is 0 Å². The van der Waals surface area contributed by atoms with E-state index in [0.717, 1.165) is 5.56 Å². The van der Waals surface area contributed by atoms with Crippen LogP contribution in [0.25, 0.3) is 0 Å². The molecule has 3 aromatic rings. The van der Waals surface area contributed by atoms with Gasteiger partial charge in [0.15, 0.2) is 11.5 Å². The van der Waals surface area contributed by atoms with Crippen molar-refractivity contribution in [2.24, 2.45) is 5.10 Å². The predicted molar refractivity (Wildman–Crippen MR) is 128 cm³/mol. The van der Waals surface area contributed by atoms with E-state index in [0.29, 0.717) is 42.2 Å². The van der Waals surface area contributed by atoms with Crippen LogP contribution in [0.5, 0.6) is 11.5 Å². The van der Waals surface area contributed by atoms with Gasteiger partial charge in [-0.25, -0.2) is 5.43 Å². The van der Waals surface area contributed by atoms with Gasteiger partial charge in [-0.1, -0.05) is 46.9 Å². The SMILES string of the molecule is COc1cc(/C=N/NC(=O)c2cccc(Cl)c2)c(Br)cc1OCc1ccc(Cl)c(Cl)c1. The van der Waals surface area contributed by atoms with Gasteiger partial charge in [-0.05, 0) is 64.0 Å². The second kappa shape index (κ2) is 10.9. The van der Waals surface area contributed by atoms with E-state index < -0.39 is 0 Å². The summed E-state index contributed by atoms with van der Waals surface area (Å²) in [4.78, 5) is 12.2. The van der Waals surface area contributed by atoms with Gasteiger partial charge >= 0.3 is 0 Å². The Morgan fingerprint density at radius 3 is 2.58 bits per heavy atom. The third kappa shape index (κ3) is 6.37. The van der Waals surface area contributed by atoms with E-state index in [2.05, 4.69) is 26.5 Å². The normalized spacial score (nSPS) is 10.9. The second-order valence-corrected chi connectivity index (χ2v) is 8.38. The lowest BCUT2D eigenvalue weighted by Gasteiger charge is -2.13. The maximum absolute atomic E-state index is 12.2. The minimum absolute atomic E-state index is 0.281. The molecule has 0 aliphatic heterocycles. The van der Waals surface area contributed by atoms with Crippen LogP contribution in [-0.2, 0) is 6.61 Å². The van der Waals surface area contributed by atoms with Crippen molar-refractivity contribution in [3.8, 4) is 11.5 Å². The number of carbonyl (C=O) groups is 1. The number of hydrogen-bond donors (Lipinski definition) is 1. The molecular formula is C22H16BrCl3N2O3. The van der Waals surface area contributed by atoms with Crippen molar-refractivity contribution in [3.63, 3.8) is 0 Å². The van der Waals surface area contributed by atoms with E-state index in [1.807, 2.05) is 6.07 Å². The Hall–Kier alpha value is -2.25. The molecular weight excluding hydrogens is 527 g/mol. The summed E-state index contributed by atoms with van der Waals surface area (Å²) in [5.41, 5.74) is 4.42. The minimum Gasteiger partial charge on any atom is -0.493 e. The smallest absolute Gasteiger partial charge is 0.271 e. The average molecular weight is 543 g/mol. The highest BCUT2D eigenvalue weighted by molar-refractivity contribution is 9.10. The zero-order chi connectivity index (χ0) is 22.4. The Bertz CT molecular complexity index is 1140. The van der Waals surface area contributed by atoms with Crippen molar-refractivity contribution < 1.29 is 14.3 Å². The highest BCUT2D eigenvalue weighted by Gasteiger charge is 2.11. The van der Waals surface area contributed by atoms with Gasteiger partial charge in [0.05, 0.1) is 23.4 Å². The molecule has 5 nitrogen and oxygen atoms in total. The van der Waals surface area contributed by atoms with E-state index in [4.69, 9.17) is 44.3 Å². The Morgan fingerprint density at radius 2 is 1.87 bits per heavy atom. The first-order valence-electron chi connectivity index (χ1n) is 8.90. The van der Waals surface area contributed by atoms with Gasteiger partial charge in [0, 0.05) is 20.6 Å². The number of nitrogens with zero attached hydrogens (tertiary/aromatic N) is 1. The molecule has 0 saturated carbocycles. The molecule has 0 aliphatic rings. The van der Waals surface area contributed by atoms with Crippen molar-refractivity contribution >= 4 is 62.9 Å². The highest BCUT2D eigenvalue weighted by Crippen LogP contribution is 2.34. The Morgan fingerprint density at radius 1 is 1.06 bits per heavy atom. The lowest BCUT2D eigenvalue weighted by molar-refractivity contribution is 0.0955. The summed E-state index contributed by atoms with van der Waals surface area (Å²) in [5.74, 6) is 0.662. The Kier molecular flexibility index (Phi) is 8.21. The first kappa shape index (κ1) is 23.4. The third-order valence-corrected chi connectivity index (χ3v) is 5.78. The summed E-state index contributed by atoms with van der Waals surface area (Å²) in [7, 11) is 1.54. The summed E-state index contributed by atoms with van der Waals surface area (Å²) in [6, 6.07) is 15.4. The number of hydrogen-bond acceptors (Lipinski definition) is 4. The van der Waals surface area contributed by atoms with Crippen LogP contribution in [0, 0.1) is 0 Å². The zero-order valence-corrected chi connectivity index (χ0v) is 20.0. The van der Waals surface area contributed by atoms with Crippen molar-refractivity contribution in [3.05, 3.63) is 90.8 Å². The molecule has 160 valence electrons. The zero-order valence-electron chi connectivity index (χ0n) is 16.2. The van der Waals surface area contributed by atoms with Gasteiger partial charge in [-0.3, -0.25) is 4.79 Å². The molecule has 3 rings (SSSR count). The number of methoxy groups -OCH3 is 1. The number of amides is 1. The van der Waals surface area contributed by atoms with E-state index in [1.165, 1.54) is 13.3 Å². The number of rotatable bonds is 7. The summed E-state index contributed by atoms with van der Waals surface area (Å²) >= 11 is 21.4. The summed E-state index contributed by atoms with van der Waals surface area (Å²) in [5, 5.41) is 5.42. The molecule has 0 fully saturated rings. The molecule has 0 bridgehead atoms. The van der Waals surface area contributed by atoms with Crippen LogP contribution >= 0.6 is 50.7 Å². The van der Waals surface area contributed by atoms with Gasteiger partial charge in [0.2, 0.25) is 0 Å². The average Bonchev–Trinajstić information content (AvgIpc) is 2.75. The largest absolute Gasteiger partial charge is 0.493 e. The fourth-order valence-corrected chi connectivity index (χ4v) is 3.50. The molecule has 0 radical (unpaired) electrons. The molecule has 0 saturated heterocycles. The topological polar surface area (TPSA) is 59.9 Å². The van der Waals surface area contributed by atoms with E-state index in [1.54, 1.807) is 48.5 Å². The molecule has 0 heterocycles. The molecule has 0 spiro atoms. The lowest BCUT2D eigenvalue weighted by Crippen LogP contribution is -2.17. The van der Waals surface area contributed by atoms with Crippen LogP contribution in [0.4, 0.5) is 0 Å². The van der Waals surface area contributed by atoms with Crippen LogP contribution in [0.2, 0.25) is 15.1 Å². The first-order chi connectivity index (χ1) is 14.9. The van der Waals surface area contributed by atoms with Crippen LogP contribution in [0.1, 0.15) is 21.5 Å². The molecule has 3 aromatic carbocycles. The van der Waals surface area contributed by atoms with E-state index in [-0.39, 0.29) is 12.5 Å². The quantitative estimate of drug-likeness (QED) is 0.265. The number of carbonyl (C=O) groups excluding carboxylic acids is 1. The number of benzene rings is 3. The lowest BCUT2D eigenvalue weighted by atomic mass is 10.2. The van der Waals surface area contributed by atoms with Crippen LogP contribution in [0.3, 0.4) is 0 Å². The molecule has 0 atom stereocenters. The highest BCUT2D eigenvalue weighted by atomic mass is 79.9. The number of halogens is 4. The summed E-state index contributed by atoms with van der Waals surface area (Å²) in [6.45, 7) is 0.281. The third-order valence-electron chi connectivity index (χ3n) is 4.12. The maximum Gasteiger partial charge on any atom is 0.271 e. The Labute approximate surface area is 203 Å². The van der Waals surface area contributed by atoms with E-state index >= 15 is 0 Å². The molecule has 9 heteroatoms. The monoisotopic (exact) mass is 540 g/mol. The van der Waals surface area contributed by atoms with Crippen LogP contribution < -0.4 is 14.9 Å². The molecule has 1 N–H and O–H groups in total. The number of nitrogens with one attached hydrogen (secondary N) is 1. The molecule has 0 aliphatic carbocycles.